The van der Waals surface area contributed by atoms with Crippen LogP contribution in [0.2, 0.25) is 0 Å². The molecule has 1 fully saturated rings. The highest BCUT2D eigenvalue weighted by molar-refractivity contribution is 6.09. The third-order valence-corrected chi connectivity index (χ3v) is 4.49. The fraction of sp³-hybridized carbons (Fsp3) is 0.263. The van der Waals surface area contributed by atoms with E-state index in [2.05, 4.69) is 5.32 Å². The summed E-state index contributed by atoms with van der Waals surface area (Å²) >= 11 is 0. The molecule has 2 heterocycles. The lowest BCUT2D eigenvalue weighted by molar-refractivity contribution is -0.132. The van der Waals surface area contributed by atoms with E-state index < -0.39 is 5.92 Å². The van der Waals surface area contributed by atoms with Crippen molar-refractivity contribution < 1.29 is 19.1 Å². The van der Waals surface area contributed by atoms with Gasteiger partial charge in [-0.1, -0.05) is 24.3 Å². The Morgan fingerprint density at radius 1 is 1.12 bits per heavy atom. The molecule has 4 rings (SSSR count). The first-order valence-corrected chi connectivity index (χ1v) is 8.25. The molecule has 1 atom stereocenters. The first-order chi connectivity index (χ1) is 12.2. The molecule has 128 valence electrons. The number of nitrogens with zero attached hydrogens (tertiary/aromatic N) is 1. The lowest BCUT2D eigenvalue weighted by Gasteiger charge is -2.16. The number of hydrogen-bond donors (Lipinski definition) is 1. The Hall–Kier alpha value is -3.02. The largest absolute Gasteiger partial charge is 0.454 e. The van der Waals surface area contributed by atoms with Crippen molar-refractivity contribution in [3.05, 3.63) is 54.1 Å². The molecule has 2 aliphatic heterocycles. The normalized spacial score (nSPS) is 18.5. The van der Waals surface area contributed by atoms with E-state index in [-0.39, 0.29) is 18.6 Å². The minimum absolute atomic E-state index is 0.144. The molecule has 2 aromatic rings. The molecular weight excluding hydrogens is 320 g/mol. The van der Waals surface area contributed by atoms with Gasteiger partial charge in [-0.05, 0) is 36.2 Å². The molecule has 0 spiro atoms. The number of rotatable bonds is 4. The van der Waals surface area contributed by atoms with Crippen molar-refractivity contribution in [1.82, 2.24) is 5.32 Å². The Kier molecular flexibility index (Phi) is 4.01. The van der Waals surface area contributed by atoms with Gasteiger partial charge in [0.2, 0.25) is 18.6 Å². The highest BCUT2D eigenvalue weighted by atomic mass is 16.7. The van der Waals surface area contributed by atoms with Gasteiger partial charge in [0, 0.05) is 18.8 Å². The second kappa shape index (κ2) is 6.47. The standard InChI is InChI=1S/C19H18N2O4/c22-18(20-11-13-6-7-16-17(10-13)25-12-24-16)15-8-9-21(19(15)23)14-4-2-1-3-5-14/h1-7,10,15H,8-9,11-12H2,(H,20,22)/t15-/m1/s1. The van der Waals surface area contributed by atoms with Gasteiger partial charge in [0.1, 0.15) is 5.92 Å². The van der Waals surface area contributed by atoms with E-state index in [0.29, 0.717) is 31.0 Å². The minimum Gasteiger partial charge on any atom is -0.454 e. The van der Waals surface area contributed by atoms with Crippen LogP contribution in [0, 0.1) is 5.92 Å². The lowest BCUT2D eigenvalue weighted by atomic mass is 10.1. The average Bonchev–Trinajstić information content (AvgIpc) is 3.26. The van der Waals surface area contributed by atoms with Crippen molar-refractivity contribution in [2.24, 2.45) is 5.92 Å². The van der Waals surface area contributed by atoms with Crippen LogP contribution in [-0.4, -0.2) is 25.2 Å². The number of fused-ring (bicyclic) bond motifs is 1. The number of anilines is 1. The molecule has 25 heavy (non-hydrogen) atoms. The first kappa shape index (κ1) is 15.5. The Labute approximate surface area is 145 Å². The molecule has 1 saturated heterocycles. The zero-order valence-corrected chi connectivity index (χ0v) is 13.6. The third-order valence-electron chi connectivity index (χ3n) is 4.49. The van der Waals surface area contributed by atoms with E-state index in [0.717, 1.165) is 11.3 Å². The summed E-state index contributed by atoms with van der Waals surface area (Å²) in [5, 5.41) is 2.85. The molecule has 2 amide bonds. The van der Waals surface area contributed by atoms with Crippen molar-refractivity contribution in [1.29, 1.82) is 0 Å². The second-order valence-electron chi connectivity index (χ2n) is 6.07. The molecular formula is C19H18N2O4. The van der Waals surface area contributed by atoms with Crippen LogP contribution in [0.15, 0.2) is 48.5 Å². The third kappa shape index (κ3) is 3.03. The highest BCUT2D eigenvalue weighted by Gasteiger charge is 2.37. The number of carbonyl (C=O) groups excluding carboxylic acids is 2. The minimum atomic E-state index is -0.630. The summed E-state index contributed by atoms with van der Waals surface area (Å²) in [4.78, 5) is 26.6. The summed E-state index contributed by atoms with van der Waals surface area (Å²) < 4.78 is 10.6. The summed E-state index contributed by atoms with van der Waals surface area (Å²) in [6, 6.07) is 15.0. The predicted octanol–water partition coefficient (Wildman–Crippen LogP) is 2.08. The van der Waals surface area contributed by atoms with Crippen LogP contribution in [0.3, 0.4) is 0 Å². The van der Waals surface area contributed by atoms with Crippen molar-refractivity contribution in [2.45, 2.75) is 13.0 Å². The van der Waals surface area contributed by atoms with E-state index >= 15 is 0 Å². The topological polar surface area (TPSA) is 67.9 Å². The van der Waals surface area contributed by atoms with Crippen LogP contribution < -0.4 is 19.7 Å². The van der Waals surface area contributed by atoms with Gasteiger partial charge in [-0.25, -0.2) is 0 Å². The summed E-state index contributed by atoms with van der Waals surface area (Å²) in [5.41, 5.74) is 1.74. The highest BCUT2D eigenvalue weighted by Crippen LogP contribution is 2.32. The van der Waals surface area contributed by atoms with E-state index in [4.69, 9.17) is 9.47 Å². The van der Waals surface area contributed by atoms with Crippen LogP contribution >= 0.6 is 0 Å². The molecule has 6 heteroatoms. The molecule has 0 saturated carbocycles. The van der Waals surface area contributed by atoms with Gasteiger partial charge in [0.15, 0.2) is 11.5 Å². The zero-order chi connectivity index (χ0) is 17.2. The van der Waals surface area contributed by atoms with Gasteiger partial charge in [0.25, 0.3) is 0 Å². The SMILES string of the molecule is O=C(NCc1ccc2c(c1)OCO2)[C@H]1CCN(c2ccccc2)C1=O. The number of nitrogens with one attached hydrogen (secondary N) is 1. The molecule has 0 aliphatic carbocycles. The summed E-state index contributed by atoms with van der Waals surface area (Å²) in [5.74, 6) is 0.378. The number of benzene rings is 2. The number of carbonyl (C=O) groups is 2. The van der Waals surface area contributed by atoms with Crippen LogP contribution in [0.5, 0.6) is 11.5 Å². The van der Waals surface area contributed by atoms with Crippen molar-refractivity contribution in [3.63, 3.8) is 0 Å². The van der Waals surface area contributed by atoms with Gasteiger partial charge in [-0.15, -0.1) is 0 Å². The van der Waals surface area contributed by atoms with Gasteiger partial charge < -0.3 is 19.7 Å². The second-order valence-corrected chi connectivity index (χ2v) is 6.07. The fourth-order valence-corrected chi connectivity index (χ4v) is 3.15. The predicted molar refractivity (Wildman–Crippen MR) is 91.3 cm³/mol. The molecule has 0 bridgehead atoms. The summed E-state index contributed by atoms with van der Waals surface area (Å²) in [6.45, 7) is 1.13. The molecule has 2 aliphatic rings. The Morgan fingerprint density at radius 2 is 1.92 bits per heavy atom. The van der Waals surface area contributed by atoms with Gasteiger partial charge >= 0.3 is 0 Å². The van der Waals surface area contributed by atoms with Crippen LogP contribution in [0.4, 0.5) is 5.69 Å². The number of amides is 2. The van der Waals surface area contributed by atoms with E-state index in [1.165, 1.54) is 0 Å². The van der Waals surface area contributed by atoms with Gasteiger partial charge in [0.05, 0.1) is 0 Å². The lowest BCUT2D eigenvalue weighted by Crippen LogP contribution is -2.36. The average molecular weight is 338 g/mol. The zero-order valence-electron chi connectivity index (χ0n) is 13.6. The van der Waals surface area contributed by atoms with E-state index in [9.17, 15) is 9.59 Å². The van der Waals surface area contributed by atoms with Crippen LogP contribution in [-0.2, 0) is 16.1 Å². The summed E-state index contributed by atoms with van der Waals surface area (Å²) in [6.07, 6.45) is 0.528. The van der Waals surface area contributed by atoms with Crippen LogP contribution in [0.25, 0.3) is 0 Å². The molecule has 0 unspecified atom stereocenters. The van der Waals surface area contributed by atoms with Crippen LogP contribution in [0.1, 0.15) is 12.0 Å². The van der Waals surface area contributed by atoms with Gasteiger partial charge in [-0.3, -0.25) is 9.59 Å². The monoisotopic (exact) mass is 338 g/mol. The van der Waals surface area contributed by atoms with Crippen molar-refractivity contribution in [2.75, 3.05) is 18.2 Å². The molecule has 0 radical (unpaired) electrons. The number of para-hydroxylation sites is 1. The number of ether oxygens (including phenoxy) is 2. The molecule has 1 N–H and O–H groups in total. The maximum atomic E-state index is 12.5. The van der Waals surface area contributed by atoms with E-state index in [1.54, 1.807) is 4.90 Å². The van der Waals surface area contributed by atoms with Crippen molar-refractivity contribution in [3.8, 4) is 11.5 Å². The Bertz CT molecular complexity index is 806. The van der Waals surface area contributed by atoms with Gasteiger partial charge in [-0.2, -0.15) is 0 Å². The molecule has 6 nitrogen and oxygen atoms in total. The smallest absolute Gasteiger partial charge is 0.239 e. The fourth-order valence-electron chi connectivity index (χ4n) is 3.15. The molecule has 2 aromatic carbocycles. The summed E-state index contributed by atoms with van der Waals surface area (Å²) in [7, 11) is 0. The van der Waals surface area contributed by atoms with E-state index in [1.807, 2.05) is 48.5 Å². The number of hydrogen-bond acceptors (Lipinski definition) is 4. The van der Waals surface area contributed by atoms with Crippen molar-refractivity contribution >= 4 is 17.5 Å². The Balaban J connectivity index is 1.38. The maximum absolute atomic E-state index is 12.5. The molecule has 0 aromatic heterocycles. The quantitative estimate of drug-likeness (QED) is 0.867. The maximum Gasteiger partial charge on any atom is 0.239 e. The first-order valence-electron chi connectivity index (χ1n) is 8.25. The Morgan fingerprint density at radius 3 is 2.76 bits per heavy atom.